The quantitative estimate of drug-likeness (QED) is 0.527. The van der Waals surface area contributed by atoms with Crippen molar-refractivity contribution in [2.75, 3.05) is 19.7 Å². The minimum atomic E-state index is -0.527. The number of amides is 2. The Kier molecular flexibility index (Phi) is 7.79. The van der Waals surface area contributed by atoms with Crippen LogP contribution in [0, 0.1) is 11.8 Å². The lowest BCUT2D eigenvalue weighted by Crippen LogP contribution is -2.57. The van der Waals surface area contributed by atoms with Crippen LogP contribution in [0.1, 0.15) is 78.9 Å². The van der Waals surface area contributed by atoms with Crippen molar-refractivity contribution in [3.8, 4) is 11.5 Å². The predicted molar refractivity (Wildman–Crippen MR) is 140 cm³/mol. The van der Waals surface area contributed by atoms with Gasteiger partial charge in [0.25, 0.3) is 5.91 Å². The van der Waals surface area contributed by atoms with Crippen molar-refractivity contribution in [3.05, 3.63) is 35.4 Å². The van der Waals surface area contributed by atoms with E-state index in [-0.39, 0.29) is 36.7 Å². The second-order valence-corrected chi connectivity index (χ2v) is 12.1. The van der Waals surface area contributed by atoms with E-state index < -0.39 is 17.1 Å². The van der Waals surface area contributed by atoms with E-state index in [0.717, 1.165) is 37.0 Å². The summed E-state index contributed by atoms with van der Waals surface area (Å²) in [6, 6.07) is 5.63. The second kappa shape index (κ2) is 10.6. The Morgan fingerprint density at radius 2 is 2.03 bits per heavy atom. The number of allylic oxidation sites excluding steroid dienone is 2. The van der Waals surface area contributed by atoms with Crippen LogP contribution in [0.2, 0.25) is 0 Å². The highest BCUT2D eigenvalue weighted by Crippen LogP contribution is 2.55. The fourth-order valence-corrected chi connectivity index (χ4v) is 5.80. The van der Waals surface area contributed by atoms with Gasteiger partial charge >= 0.3 is 6.09 Å². The van der Waals surface area contributed by atoms with E-state index in [1.165, 1.54) is 5.57 Å². The van der Waals surface area contributed by atoms with Crippen LogP contribution in [0.15, 0.2) is 29.8 Å². The average Bonchev–Trinajstić information content (AvgIpc) is 2.80. The number of carbonyl (C=O) groups excluding carboxylic acids is 2. The molecule has 0 bridgehead atoms. The molecule has 3 aliphatic rings. The third kappa shape index (κ3) is 6.40. The zero-order valence-corrected chi connectivity index (χ0v) is 23.0. The first-order valence-electron chi connectivity index (χ1n) is 13.4. The van der Waals surface area contributed by atoms with Gasteiger partial charge in [0.05, 0.1) is 12.2 Å². The van der Waals surface area contributed by atoms with Gasteiger partial charge in [-0.25, -0.2) is 4.79 Å². The van der Waals surface area contributed by atoms with E-state index in [0.29, 0.717) is 18.8 Å². The predicted octanol–water partition coefficient (Wildman–Crippen LogP) is 5.15. The molecule has 204 valence electrons. The van der Waals surface area contributed by atoms with E-state index in [1.807, 2.05) is 43.9 Å². The van der Waals surface area contributed by atoms with Gasteiger partial charge in [-0.05, 0) is 85.4 Å². The summed E-state index contributed by atoms with van der Waals surface area (Å²) in [4.78, 5) is 25.9. The van der Waals surface area contributed by atoms with Gasteiger partial charge in [0.1, 0.15) is 22.7 Å². The van der Waals surface area contributed by atoms with Gasteiger partial charge in [0, 0.05) is 30.5 Å². The van der Waals surface area contributed by atoms with Crippen LogP contribution in [-0.2, 0) is 14.3 Å². The molecule has 2 fully saturated rings. The number of benzene rings is 1. The Labute approximate surface area is 220 Å². The number of piperidine rings is 1. The largest absolute Gasteiger partial charge is 0.487 e. The first-order valence-corrected chi connectivity index (χ1v) is 13.4. The van der Waals surface area contributed by atoms with Crippen LogP contribution in [0.25, 0.3) is 0 Å². The highest BCUT2D eigenvalue weighted by molar-refractivity contribution is 5.75. The first kappa shape index (κ1) is 27.3. The van der Waals surface area contributed by atoms with Crippen LogP contribution >= 0.6 is 0 Å². The van der Waals surface area contributed by atoms with Gasteiger partial charge in [-0.3, -0.25) is 4.79 Å². The molecule has 0 spiro atoms. The molecule has 3 heterocycles. The Bertz CT molecular complexity index is 1040. The normalized spacial score (nSPS) is 28.6. The van der Waals surface area contributed by atoms with Crippen LogP contribution in [0.5, 0.6) is 11.5 Å². The van der Waals surface area contributed by atoms with E-state index >= 15 is 0 Å². The van der Waals surface area contributed by atoms with Gasteiger partial charge < -0.3 is 29.6 Å². The number of fused-ring (bicyclic) bond motifs is 4. The van der Waals surface area contributed by atoms with Crippen molar-refractivity contribution in [1.29, 1.82) is 0 Å². The molecule has 37 heavy (non-hydrogen) atoms. The molecular formula is C29H42N2O6. The summed E-state index contributed by atoms with van der Waals surface area (Å²) >= 11 is 0. The maximum atomic E-state index is 12.8. The smallest absolute Gasteiger partial charge is 0.410 e. The van der Waals surface area contributed by atoms with Gasteiger partial charge in [-0.2, -0.15) is 0 Å². The summed E-state index contributed by atoms with van der Waals surface area (Å²) < 4.78 is 24.8. The third-order valence-corrected chi connectivity index (χ3v) is 7.55. The molecule has 5 atom stereocenters. The lowest BCUT2D eigenvalue weighted by atomic mass is 9.68. The van der Waals surface area contributed by atoms with Crippen molar-refractivity contribution >= 4 is 12.0 Å². The summed E-state index contributed by atoms with van der Waals surface area (Å²) in [5.41, 5.74) is 6.54. The number of ether oxygens (including phenoxy) is 4. The molecule has 0 radical (unpaired) electrons. The molecule has 0 unspecified atom stereocenters. The third-order valence-electron chi connectivity index (χ3n) is 7.55. The van der Waals surface area contributed by atoms with Crippen LogP contribution in [-0.4, -0.2) is 53.9 Å². The summed E-state index contributed by atoms with van der Waals surface area (Å²) in [5, 5.41) is 0. The lowest BCUT2D eigenvalue weighted by molar-refractivity contribution is -0.191. The van der Waals surface area contributed by atoms with E-state index in [2.05, 4.69) is 26.8 Å². The molecule has 2 N–H and O–H groups in total. The van der Waals surface area contributed by atoms with E-state index in [4.69, 9.17) is 24.7 Å². The van der Waals surface area contributed by atoms with Gasteiger partial charge in [0.15, 0.2) is 6.61 Å². The summed E-state index contributed by atoms with van der Waals surface area (Å²) in [7, 11) is 0. The number of nitrogens with two attached hydrogens (primary N) is 1. The Morgan fingerprint density at radius 3 is 2.70 bits per heavy atom. The molecule has 8 heteroatoms. The number of hydrogen-bond acceptors (Lipinski definition) is 6. The molecule has 2 amide bonds. The SMILES string of the molecule is CC(C)=CCC[C@@]1(C)Oc2ccc(OCC(N)=O)cc2[C@H]2O[C@H]3CCN(C(=O)OC(C)(C)C)C[C@@H]3C[C@@H]21. The van der Waals surface area contributed by atoms with Crippen LogP contribution in [0.4, 0.5) is 4.79 Å². The topological polar surface area (TPSA) is 100 Å². The number of carbonyl (C=O) groups is 2. The maximum absolute atomic E-state index is 12.8. The van der Waals surface area contributed by atoms with E-state index in [9.17, 15) is 9.59 Å². The highest BCUT2D eigenvalue weighted by atomic mass is 16.6. The molecule has 1 aromatic rings. The number of likely N-dealkylation sites (tertiary alicyclic amines) is 1. The molecule has 3 aliphatic heterocycles. The fraction of sp³-hybridized carbons (Fsp3) is 0.655. The van der Waals surface area contributed by atoms with Gasteiger partial charge in [-0.15, -0.1) is 0 Å². The van der Waals surface area contributed by atoms with E-state index in [1.54, 1.807) is 0 Å². The van der Waals surface area contributed by atoms with Crippen molar-refractivity contribution in [3.63, 3.8) is 0 Å². The maximum Gasteiger partial charge on any atom is 0.410 e. The van der Waals surface area contributed by atoms with Crippen LogP contribution in [0.3, 0.4) is 0 Å². The van der Waals surface area contributed by atoms with Crippen molar-refractivity contribution < 1.29 is 28.5 Å². The zero-order valence-electron chi connectivity index (χ0n) is 23.0. The molecule has 4 rings (SSSR count). The molecular weight excluding hydrogens is 472 g/mol. The Balaban J connectivity index is 1.60. The monoisotopic (exact) mass is 514 g/mol. The average molecular weight is 515 g/mol. The first-order chi connectivity index (χ1) is 17.3. The number of rotatable bonds is 6. The molecule has 8 nitrogen and oxygen atoms in total. The van der Waals surface area contributed by atoms with Crippen molar-refractivity contribution in [2.24, 2.45) is 17.6 Å². The number of primary amides is 1. The van der Waals surface area contributed by atoms with Crippen molar-refractivity contribution in [1.82, 2.24) is 4.90 Å². The highest BCUT2D eigenvalue weighted by Gasteiger charge is 2.53. The fourth-order valence-electron chi connectivity index (χ4n) is 5.80. The summed E-state index contributed by atoms with van der Waals surface area (Å²) in [5.74, 6) is 1.13. The molecule has 0 aliphatic carbocycles. The second-order valence-electron chi connectivity index (χ2n) is 12.1. The van der Waals surface area contributed by atoms with Gasteiger partial charge in [-0.1, -0.05) is 11.6 Å². The minimum Gasteiger partial charge on any atom is -0.487 e. The summed E-state index contributed by atoms with van der Waals surface area (Å²) in [6.07, 6.45) is 5.28. The Hall–Kier alpha value is -2.74. The molecule has 2 saturated heterocycles. The molecule has 0 saturated carbocycles. The molecule has 0 aromatic heterocycles. The molecule has 1 aromatic carbocycles. The van der Waals surface area contributed by atoms with Crippen molar-refractivity contribution in [2.45, 2.75) is 90.6 Å². The number of nitrogens with zero attached hydrogens (tertiary/aromatic N) is 1. The Morgan fingerprint density at radius 1 is 1.27 bits per heavy atom. The van der Waals surface area contributed by atoms with Crippen LogP contribution < -0.4 is 15.2 Å². The standard InChI is InChI=1S/C29H42N2O6/c1-18(2)8-7-12-29(6)22-14-19-16-31(27(33)37-28(3,4)5)13-11-23(19)35-26(22)21-15-20(34-17-25(30)32)9-10-24(21)36-29/h8-10,15,19,22-23,26H,7,11-14,16-17H2,1-6H3,(H2,30,32)/t19-,22-,23-,26+,29+/m0/s1. The van der Waals surface area contributed by atoms with Gasteiger partial charge in [0.2, 0.25) is 0 Å². The lowest BCUT2D eigenvalue weighted by Gasteiger charge is -2.54. The summed E-state index contributed by atoms with van der Waals surface area (Å²) in [6.45, 7) is 13.1. The minimum absolute atomic E-state index is 0.0445. The number of hydrogen-bond donors (Lipinski definition) is 1. The zero-order chi connectivity index (χ0) is 27.0.